The van der Waals surface area contributed by atoms with Crippen LogP contribution in [0.25, 0.3) is 10.4 Å². The number of aryl methyl sites for hydroxylation is 1. The molecule has 0 amide bonds. The van der Waals surface area contributed by atoms with Crippen molar-refractivity contribution >= 4 is 16.5 Å². The lowest BCUT2D eigenvalue weighted by atomic mass is 10.2. The number of aromatic nitrogens is 3. The third kappa shape index (κ3) is 1.39. The van der Waals surface area contributed by atoms with Gasteiger partial charge < -0.3 is 5.73 Å². The molecule has 2 aromatic rings. The second kappa shape index (κ2) is 3.42. The van der Waals surface area contributed by atoms with Crippen molar-refractivity contribution in [3.05, 3.63) is 18.1 Å². The van der Waals surface area contributed by atoms with Crippen molar-refractivity contribution in [1.82, 2.24) is 14.8 Å². The first-order valence-corrected chi connectivity index (χ1v) is 5.28. The van der Waals surface area contributed by atoms with Gasteiger partial charge in [0.05, 0.1) is 11.1 Å². The Bertz CT molecular complexity index is 443. The van der Waals surface area contributed by atoms with E-state index in [0.29, 0.717) is 5.13 Å². The van der Waals surface area contributed by atoms with Gasteiger partial charge in [-0.05, 0) is 13.8 Å². The quantitative estimate of drug-likeness (QED) is 0.820. The average Bonchev–Trinajstić information content (AvgIpc) is 2.72. The fraction of sp³-hybridized carbons (Fsp3) is 0.333. The van der Waals surface area contributed by atoms with Crippen LogP contribution in [0.3, 0.4) is 0 Å². The van der Waals surface area contributed by atoms with E-state index in [1.54, 1.807) is 6.20 Å². The highest BCUT2D eigenvalue weighted by Crippen LogP contribution is 2.29. The number of nitrogens with zero attached hydrogens (tertiary/aromatic N) is 3. The van der Waals surface area contributed by atoms with E-state index in [2.05, 4.69) is 23.9 Å². The molecule has 2 N–H and O–H groups in total. The summed E-state index contributed by atoms with van der Waals surface area (Å²) in [5.74, 6) is 0. The van der Waals surface area contributed by atoms with Gasteiger partial charge in [0, 0.05) is 24.0 Å². The van der Waals surface area contributed by atoms with Gasteiger partial charge in [0.2, 0.25) is 0 Å². The molecule has 74 valence electrons. The summed E-state index contributed by atoms with van der Waals surface area (Å²) in [6.07, 6.45) is 3.66. The van der Waals surface area contributed by atoms with Crippen LogP contribution in [0.15, 0.2) is 12.4 Å². The third-order valence-corrected chi connectivity index (χ3v) is 3.05. The molecule has 0 aromatic carbocycles. The Balaban J connectivity index is 2.46. The lowest BCUT2D eigenvalue weighted by Crippen LogP contribution is -1.98. The number of rotatable bonds is 2. The maximum Gasteiger partial charge on any atom is 0.180 e. The highest BCUT2D eigenvalue weighted by Gasteiger charge is 2.09. The second-order valence-corrected chi connectivity index (χ2v) is 4.08. The molecule has 0 bridgehead atoms. The van der Waals surface area contributed by atoms with E-state index in [-0.39, 0.29) is 0 Å². The highest BCUT2D eigenvalue weighted by molar-refractivity contribution is 7.18. The van der Waals surface area contributed by atoms with Crippen LogP contribution in [0, 0.1) is 6.92 Å². The smallest absolute Gasteiger partial charge is 0.180 e. The molecular weight excluding hydrogens is 196 g/mol. The molecular formula is C9H12N4S. The maximum absolute atomic E-state index is 5.59. The van der Waals surface area contributed by atoms with E-state index in [4.69, 9.17) is 5.73 Å². The topological polar surface area (TPSA) is 56.7 Å². The lowest BCUT2D eigenvalue weighted by molar-refractivity contribution is 0.640. The fourth-order valence-electron chi connectivity index (χ4n) is 1.42. The first-order valence-electron chi connectivity index (χ1n) is 4.46. The fourth-order valence-corrected chi connectivity index (χ4v) is 2.17. The molecule has 0 aliphatic carbocycles. The molecule has 0 aliphatic heterocycles. The van der Waals surface area contributed by atoms with Crippen LogP contribution >= 0.6 is 11.3 Å². The number of anilines is 1. The Labute approximate surface area is 86.4 Å². The Morgan fingerprint density at radius 1 is 1.50 bits per heavy atom. The molecule has 2 heterocycles. The van der Waals surface area contributed by atoms with E-state index in [1.807, 2.05) is 10.9 Å². The van der Waals surface area contributed by atoms with Crippen LogP contribution in [-0.4, -0.2) is 14.8 Å². The third-order valence-electron chi connectivity index (χ3n) is 2.19. The first kappa shape index (κ1) is 9.21. The normalized spacial score (nSPS) is 10.7. The molecule has 14 heavy (non-hydrogen) atoms. The zero-order valence-electron chi connectivity index (χ0n) is 8.19. The summed E-state index contributed by atoms with van der Waals surface area (Å²) in [5.41, 5.74) is 7.87. The van der Waals surface area contributed by atoms with Crippen molar-refractivity contribution in [2.24, 2.45) is 0 Å². The molecule has 0 spiro atoms. The van der Waals surface area contributed by atoms with Crippen molar-refractivity contribution in [2.75, 3.05) is 5.73 Å². The standard InChI is InChI=1S/C9H12N4S/c1-3-13-6(2)7(4-12-13)8-5-11-9(10)14-8/h4-5H,3H2,1-2H3,(H2,10,11). The molecule has 0 atom stereocenters. The van der Waals surface area contributed by atoms with E-state index < -0.39 is 0 Å². The van der Waals surface area contributed by atoms with Crippen molar-refractivity contribution in [1.29, 1.82) is 0 Å². The Kier molecular flexibility index (Phi) is 2.25. The van der Waals surface area contributed by atoms with E-state index in [1.165, 1.54) is 11.3 Å². The summed E-state index contributed by atoms with van der Waals surface area (Å²) in [6, 6.07) is 0. The largest absolute Gasteiger partial charge is 0.375 e. The summed E-state index contributed by atoms with van der Waals surface area (Å²) >= 11 is 1.49. The Morgan fingerprint density at radius 2 is 2.29 bits per heavy atom. The lowest BCUT2D eigenvalue weighted by Gasteiger charge is -1.99. The zero-order valence-corrected chi connectivity index (χ0v) is 9.01. The summed E-state index contributed by atoms with van der Waals surface area (Å²) in [6.45, 7) is 5.02. The molecule has 2 aromatic heterocycles. The van der Waals surface area contributed by atoms with Crippen LogP contribution in [-0.2, 0) is 6.54 Å². The van der Waals surface area contributed by atoms with Gasteiger partial charge >= 0.3 is 0 Å². The number of nitrogen functional groups attached to an aromatic ring is 1. The number of hydrogen-bond acceptors (Lipinski definition) is 4. The van der Waals surface area contributed by atoms with Gasteiger partial charge in [-0.1, -0.05) is 11.3 Å². The SMILES string of the molecule is CCn1ncc(-c2cnc(N)s2)c1C. The van der Waals surface area contributed by atoms with Gasteiger partial charge in [-0.3, -0.25) is 4.68 Å². The van der Waals surface area contributed by atoms with Gasteiger partial charge in [-0.15, -0.1) is 0 Å². The molecule has 0 saturated heterocycles. The molecule has 0 aliphatic rings. The number of nitrogens with two attached hydrogens (primary N) is 1. The summed E-state index contributed by atoms with van der Waals surface area (Å²) in [7, 11) is 0. The zero-order chi connectivity index (χ0) is 10.1. The second-order valence-electron chi connectivity index (χ2n) is 3.02. The monoisotopic (exact) mass is 208 g/mol. The van der Waals surface area contributed by atoms with Crippen LogP contribution < -0.4 is 5.73 Å². The van der Waals surface area contributed by atoms with E-state index >= 15 is 0 Å². The minimum atomic E-state index is 0.601. The highest BCUT2D eigenvalue weighted by atomic mass is 32.1. The van der Waals surface area contributed by atoms with Crippen LogP contribution in [0.1, 0.15) is 12.6 Å². The van der Waals surface area contributed by atoms with E-state index in [9.17, 15) is 0 Å². The first-order chi connectivity index (χ1) is 6.72. The number of hydrogen-bond donors (Lipinski definition) is 1. The molecule has 0 radical (unpaired) electrons. The molecule has 0 unspecified atom stereocenters. The molecule has 4 nitrogen and oxygen atoms in total. The van der Waals surface area contributed by atoms with Gasteiger partial charge in [0.1, 0.15) is 0 Å². The van der Waals surface area contributed by atoms with Crippen molar-refractivity contribution < 1.29 is 0 Å². The van der Waals surface area contributed by atoms with E-state index in [0.717, 1.165) is 22.7 Å². The predicted octanol–water partition coefficient (Wildman–Crippen LogP) is 1.92. The van der Waals surface area contributed by atoms with Crippen molar-refractivity contribution in [2.45, 2.75) is 20.4 Å². The Hall–Kier alpha value is -1.36. The van der Waals surface area contributed by atoms with Gasteiger partial charge in [-0.25, -0.2) is 4.98 Å². The Morgan fingerprint density at radius 3 is 2.79 bits per heavy atom. The molecule has 5 heteroatoms. The van der Waals surface area contributed by atoms with Gasteiger partial charge in [0.25, 0.3) is 0 Å². The minimum Gasteiger partial charge on any atom is -0.375 e. The van der Waals surface area contributed by atoms with Crippen molar-refractivity contribution in [3.8, 4) is 10.4 Å². The van der Waals surface area contributed by atoms with Crippen molar-refractivity contribution in [3.63, 3.8) is 0 Å². The molecule has 0 saturated carbocycles. The van der Waals surface area contributed by atoms with Crippen LogP contribution in [0.4, 0.5) is 5.13 Å². The summed E-state index contributed by atoms with van der Waals surface area (Å²) < 4.78 is 1.96. The molecule has 0 fully saturated rings. The average molecular weight is 208 g/mol. The van der Waals surface area contributed by atoms with Crippen LogP contribution in [0.5, 0.6) is 0 Å². The minimum absolute atomic E-state index is 0.601. The number of thiazole rings is 1. The van der Waals surface area contributed by atoms with Crippen LogP contribution in [0.2, 0.25) is 0 Å². The summed E-state index contributed by atoms with van der Waals surface area (Å²) in [5, 5.41) is 4.88. The van der Waals surface area contributed by atoms with Gasteiger partial charge in [-0.2, -0.15) is 5.10 Å². The predicted molar refractivity (Wildman–Crippen MR) is 58.2 cm³/mol. The summed E-state index contributed by atoms with van der Waals surface area (Å²) in [4.78, 5) is 5.11. The van der Waals surface area contributed by atoms with Gasteiger partial charge in [0.15, 0.2) is 5.13 Å². The molecule has 2 rings (SSSR count). The maximum atomic E-state index is 5.59.